The van der Waals surface area contributed by atoms with E-state index in [-0.39, 0.29) is 107 Å². The summed E-state index contributed by atoms with van der Waals surface area (Å²) in [4.78, 5) is 18.7. The van der Waals surface area contributed by atoms with Crippen LogP contribution in [-0.2, 0) is 75.0 Å². The molecule has 0 bridgehead atoms. The third kappa shape index (κ3) is 468. The van der Waals surface area contributed by atoms with Crippen molar-refractivity contribution in [2.45, 2.75) is 21.3 Å². The average Bonchev–Trinajstić information content (AvgIpc) is 1.91. The molecule has 2 radical (unpaired) electrons. The molecule has 0 aromatic rings. The Bertz CT molecular complexity index is 114. The third-order valence-corrected chi connectivity index (χ3v) is 0.352. The van der Waals surface area contributed by atoms with E-state index < -0.39 is 5.97 Å². The van der Waals surface area contributed by atoms with Crippen molar-refractivity contribution in [1.82, 2.24) is 5.32 Å². The van der Waals surface area contributed by atoms with Crippen LogP contribution < -0.4 is 11.1 Å². The minimum Gasteiger partial charge on any atom is -0.481 e. The van der Waals surface area contributed by atoms with E-state index in [9.17, 15) is 4.79 Å². The molecule has 0 aliphatic rings. The SMILES string of the molecule is C.CC(=O)O.CN.CNC(C)=O.O.[CH3-].[CH3-].[CH3-].[Y].[Y]. The predicted octanol–water partition coefficient (Wildman–Crippen LogP) is 0.575. The second kappa shape index (κ2) is 80.9. The van der Waals surface area contributed by atoms with Crippen LogP contribution in [0, 0.1) is 22.3 Å². The molecule has 18 heavy (non-hydrogen) atoms. The Morgan fingerprint density at radius 2 is 1.06 bits per heavy atom. The van der Waals surface area contributed by atoms with Crippen molar-refractivity contribution >= 4 is 11.9 Å². The maximum absolute atomic E-state index is 9.70. The first-order valence-electron chi connectivity index (χ1n) is 2.96. The topological polar surface area (TPSA) is 124 Å². The number of carboxylic acid groups (broad SMARTS) is 1. The van der Waals surface area contributed by atoms with E-state index in [1.807, 2.05) is 0 Å². The summed E-state index contributed by atoms with van der Waals surface area (Å²) in [6.45, 7) is 2.56. The van der Waals surface area contributed by atoms with Gasteiger partial charge in [-0.2, -0.15) is 0 Å². The summed E-state index contributed by atoms with van der Waals surface area (Å²) in [6.07, 6.45) is 0. The molecule has 6 N–H and O–H groups in total. The number of hydrogen-bond acceptors (Lipinski definition) is 3. The van der Waals surface area contributed by atoms with Crippen LogP contribution in [0.15, 0.2) is 0 Å². The summed E-state index contributed by atoms with van der Waals surface area (Å²) in [6, 6.07) is 0. The molecule has 8 heteroatoms. The molecule has 0 rings (SSSR count). The molecule has 114 valence electrons. The monoisotopic (exact) mass is 421 g/mol. The van der Waals surface area contributed by atoms with Gasteiger partial charge in [0.15, 0.2) is 0 Å². The number of amides is 1. The number of carboxylic acids is 1. The molecule has 0 spiro atoms. The molecule has 0 saturated heterocycles. The second-order valence-corrected chi connectivity index (χ2v) is 1.33. The third-order valence-electron chi connectivity index (χ3n) is 0.352. The Labute approximate surface area is 164 Å². The number of rotatable bonds is 0. The van der Waals surface area contributed by atoms with Crippen LogP contribution in [0.1, 0.15) is 21.3 Å². The Hall–Kier alpha value is 1.07. The Balaban J connectivity index is -0.00000000584. The number of carbonyl (C=O) groups is 2. The summed E-state index contributed by atoms with van der Waals surface area (Å²) in [5.74, 6) is -0.829. The fourth-order valence-electron chi connectivity index (χ4n) is 0. The van der Waals surface area contributed by atoms with Crippen molar-refractivity contribution in [3.8, 4) is 0 Å². The van der Waals surface area contributed by atoms with Gasteiger partial charge in [-0.1, -0.05) is 7.43 Å². The molecular weight excluding hydrogens is 390 g/mol. The van der Waals surface area contributed by atoms with Crippen LogP contribution in [0.25, 0.3) is 0 Å². The number of carbonyl (C=O) groups excluding carboxylic acids is 1. The smallest absolute Gasteiger partial charge is 0.300 e. The largest absolute Gasteiger partial charge is 0.481 e. The molecular formula is C10H31N2O4Y2-3. The zero-order chi connectivity index (χ0) is 9.86. The first-order valence-corrected chi connectivity index (χ1v) is 2.96. The van der Waals surface area contributed by atoms with E-state index in [2.05, 4.69) is 11.1 Å². The second-order valence-electron chi connectivity index (χ2n) is 1.33. The average molecular weight is 421 g/mol. The summed E-state index contributed by atoms with van der Waals surface area (Å²) < 4.78 is 0. The summed E-state index contributed by atoms with van der Waals surface area (Å²) in [7, 11) is 3.10. The molecule has 0 aromatic carbocycles. The van der Waals surface area contributed by atoms with Gasteiger partial charge < -0.3 is 43.9 Å². The first-order chi connectivity index (χ1) is 5.00. The molecule has 0 aliphatic heterocycles. The molecule has 0 aliphatic carbocycles. The maximum atomic E-state index is 9.70. The zero-order valence-electron chi connectivity index (χ0n) is 12.0. The number of hydrogen-bond donors (Lipinski definition) is 3. The Morgan fingerprint density at radius 3 is 1.06 bits per heavy atom. The number of nitrogens with two attached hydrogens (primary N) is 1. The van der Waals surface area contributed by atoms with Gasteiger partial charge in [-0.3, -0.25) is 9.59 Å². The van der Waals surface area contributed by atoms with Crippen molar-refractivity contribution in [2.24, 2.45) is 5.73 Å². The minimum atomic E-state index is -0.833. The quantitative estimate of drug-likeness (QED) is 0.495. The fourth-order valence-corrected chi connectivity index (χ4v) is 0. The van der Waals surface area contributed by atoms with Gasteiger partial charge in [0.25, 0.3) is 5.97 Å². The fraction of sp³-hybridized carbons (Fsp3) is 0.500. The molecule has 0 unspecified atom stereocenters. The summed E-state index contributed by atoms with van der Waals surface area (Å²) in [5.41, 5.74) is 4.50. The molecule has 1 amide bonds. The van der Waals surface area contributed by atoms with E-state index in [4.69, 9.17) is 9.90 Å². The molecule has 0 saturated carbocycles. The van der Waals surface area contributed by atoms with Gasteiger partial charge in [-0.25, -0.2) is 0 Å². The normalized spacial score (nSPS) is 3.61. The molecule has 0 aromatic heterocycles. The Kier molecular flexibility index (Phi) is 340. The molecule has 0 fully saturated rings. The van der Waals surface area contributed by atoms with Crippen molar-refractivity contribution in [2.75, 3.05) is 14.1 Å². The van der Waals surface area contributed by atoms with Crippen molar-refractivity contribution in [1.29, 1.82) is 0 Å². The van der Waals surface area contributed by atoms with Crippen molar-refractivity contribution in [3.05, 3.63) is 22.3 Å². The molecule has 0 atom stereocenters. The summed E-state index contributed by atoms with van der Waals surface area (Å²) in [5, 5.41) is 9.81. The number of nitrogens with one attached hydrogen (secondary N) is 1. The maximum Gasteiger partial charge on any atom is 0.300 e. The van der Waals surface area contributed by atoms with Crippen LogP contribution in [0.2, 0.25) is 0 Å². The molecule has 0 heterocycles. The van der Waals surface area contributed by atoms with Gasteiger partial charge in [0.05, 0.1) is 0 Å². The van der Waals surface area contributed by atoms with Gasteiger partial charge in [-0.05, 0) is 7.05 Å². The zero-order valence-corrected chi connectivity index (χ0v) is 17.7. The minimum absolute atomic E-state index is 0. The van der Waals surface area contributed by atoms with Crippen LogP contribution in [-0.4, -0.2) is 36.6 Å². The van der Waals surface area contributed by atoms with Gasteiger partial charge in [-0.15, -0.1) is 0 Å². The van der Waals surface area contributed by atoms with Gasteiger partial charge in [0, 0.05) is 86.3 Å². The van der Waals surface area contributed by atoms with Crippen molar-refractivity contribution < 1.29 is 85.6 Å². The van der Waals surface area contributed by atoms with E-state index >= 15 is 0 Å². The van der Waals surface area contributed by atoms with Crippen LogP contribution >= 0.6 is 0 Å². The van der Waals surface area contributed by atoms with Gasteiger partial charge in [0.1, 0.15) is 0 Å². The predicted molar refractivity (Wildman–Crippen MR) is 72.7 cm³/mol. The molecule has 6 nitrogen and oxygen atoms in total. The van der Waals surface area contributed by atoms with Crippen molar-refractivity contribution in [3.63, 3.8) is 0 Å². The van der Waals surface area contributed by atoms with Gasteiger partial charge in [0.2, 0.25) is 5.91 Å². The van der Waals surface area contributed by atoms with E-state index in [1.54, 1.807) is 7.05 Å². The standard InChI is InChI=1S/C3H7NO.C2H4O2.CH5N.CH4.3CH3.H2O.2Y/c1-3(5)4-2;1-2(3)4;1-2;;;;;;;/h1-2H3,(H,4,5);1H3,(H,3,4);2H2,1H3;1H4;3*1H3;1H2;;/q;;;;3*-1;;;. The number of aliphatic carboxylic acids is 1. The van der Waals surface area contributed by atoms with Crippen LogP contribution in [0.5, 0.6) is 0 Å². The van der Waals surface area contributed by atoms with Crippen LogP contribution in [0.3, 0.4) is 0 Å². The Morgan fingerprint density at radius 1 is 1.00 bits per heavy atom. The first kappa shape index (κ1) is 75.7. The van der Waals surface area contributed by atoms with Gasteiger partial charge >= 0.3 is 0 Å². The summed E-state index contributed by atoms with van der Waals surface area (Å²) >= 11 is 0. The van der Waals surface area contributed by atoms with E-state index in [0.717, 1.165) is 6.92 Å². The van der Waals surface area contributed by atoms with Crippen LogP contribution in [0.4, 0.5) is 0 Å². The van der Waals surface area contributed by atoms with E-state index in [0.29, 0.717) is 0 Å². The van der Waals surface area contributed by atoms with E-state index in [1.165, 1.54) is 14.0 Å².